The lowest BCUT2D eigenvalue weighted by atomic mass is 10.1. The highest BCUT2D eigenvalue weighted by molar-refractivity contribution is 6.33. The van der Waals surface area contributed by atoms with E-state index in [1.54, 1.807) is 0 Å². The molecule has 4 atom stereocenters. The van der Waals surface area contributed by atoms with E-state index in [0.29, 0.717) is 37.2 Å². The summed E-state index contributed by atoms with van der Waals surface area (Å²) in [5.41, 5.74) is 3.90. The molecule has 204 valence electrons. The Bertz CT molecular complexity index is 1500. The van der Waals surface area contributed by atoms with Crippen LogP contribution in [-0.2, 0) is 38.8 Å². The van der Waals surface area contributed by atoms with Crippen molar-refractivity contribution in [2.45, 2.75) is 44.4 Å². The van der Waals surface area contributed by atoms with E-state index < -0.39 is 18.4 Å². The van der Waals surface area contributed by atoms with Gasteiger partial charge in [0.25, 0.3) is 0 Å². The molecule has 3 aromatic carbocycles. The van der Waals surface area contributed by atoms with Crippen LogP contribution in [0.2, 0.25) is 5.15 Å². The van der Waals surface area contributed by atoms with Gasteiger partial charge >= 0.3 is 0 Å². The molecule has 7 nitrogen and oxygen atoms in total. The first-order chi connectivity index (χ1) is 19.8. The Morgan fingerprint density at radius 1 is 0.700 bits per heavy atom. The van der Waals surface area contributed by atoms with Gasteiger partial charge in [-0.05, 0) is 22.8 Å². The van der Waals surface area contributed by atoms with Crippen LogP contribution >= 0.6 is 11.6 Å². The number of ether oxygens (including phenoxy) is 4. The van der Waals surface area contributed by atoms with Crippen molar-refractivity contribution in [3.05, 3.63) is 131 Å². The van der Waals surface area contributed by atoms with Crippen LogP contribution in [-0.4, -0.2) is 39.5 Å². The van der Waals surface area contributed by atoms with Gasteiger partial charge in [-0.1, -0.05) is 103 Å². The maximum absolute atomic E-state index is 6.68. The number of fused-ring (bicyclic) bond motifs is 1. The molecule has 6 rings (SSSR count). The van der Waals surface area contributed by atoms with Crippen molar-refractivity contribution >= 4 is 22.6 Å². The number of rotatable bonds is 11. The van der Waals surface area contributed by atoms with E-state index in [9.17, 15) is 0 Å². The highest BCUT2D eigenvalue weighted by Gasteiger charge is 2.48. The Morgan fingerprint density at radius 3 is 1.90 bits per heavy atom. The van der Waals surface area contributed by atoms with Crippen molar-refractivity contribution in [1.82, 2.24) is 14.5 Å². The van der Waals surface area contributed by atoms with Gasteiger partial charge in [-0.2, -0.15) is 0 Å². The van der Waals surface area contributed by atoms with Crippen molar-refractivity contribution in [2.75, 3.05) is 6.61 Å². The molecule has 8 heteroatoms. The van der Waals surface area contributed by atoms with Crippen molar-refractivity contribution < 1.29 is 18.9 Å². The lowest BCUT2D eigenvalue weighted by molar-refractivity contribution is -0.0913. The number of hydrogen-bond donors (Lipinski definition) is 0. The first kappa shape index (κ1) is 26.6. The fourth-order valence-electron chi connectivity index (χ4n) is 4.99. The number of aromatic nitrogens is 3. The second kappa shape index (κ2) is 12.7. The molecule has 0 bridgehead atoms. The average Bonchev–Trinajstić information content (AvgIpc) is 3.58. The smallest absolute Gasteiger partial charge is 0.164 e. The second-order valence-electron chi connectivity index (χ2n) is 9.71. The van der Waals surface area contributed by atoms with Crippen LogP contribution in [0.3, 0.4) is 0 Å². The third kappa shape index (κ3) is 6.09. The van der Waals surface area contributed by atoms with Crippen LogP contribution in [0.25, 0.3) is 11.0 Å². The Morgan fingerprint density at radius 2 is 1.27 bits per heavy atom. The van der Waals surface area contributed by atoms with Gasteiger partial charge in [0.05, 0.1) is 31.8 Å². The molecule has 1 aliphatic rings. The van der Waals surface area contributed by atoms with Gasteiger partial charge in [0.15, 0.2) is 6.23 Å². The molecule has 0 saturated carbocycles. The monoisotopic (exact) mass is 555 g/mol. The molecule has 2 aromatic heterocycles. The normalized spacial score (nSPS) is 20.7. The molecule has 0 aliphatic carbocycles. The van der Waals surface area contributed by atoms with Gasteiger partial charge in [-0.25, -0.2) is 9.97 Å². The molecular weight excluding hydrogens is 526 g/mol. The number of nitrogens with zero attached hydrogens (tertiary/aromatic N) is 3. The zero-order valence-electron chi connectivity index (χ0n) is 21.9. The summed E-state index contributed by atoms with van der Waals surface area (Å²) >= 11 is 6.38. The van der Waals surface area contributed by atoms with Crippen molar-refractivity contribution in [3.63, 3.8) is 0 Å². The molecule has 0 radical (unpaired) electrons. The van der Waals surface area contributed by atoms with E-state index in [1.807, 2.05) is 108 Å². The minimum Gasteiger partial charge on any atom is -0.374 e. The standard InChI is InChI=1S/C32H30ClN3O4/c33-30-26-16-17-36(31(26)35-22-34-30)32-29(39-20-25-14-8-3-9-15-25)28(38-19-24-12-6-2-7-13-24)27(40-32)21-37-18-23-10-4-1-5-11-23/h1-17,22,27-29,32H,18-21H2/t27-,28-,29+,32-/m1/s1. The molecule has 1 saturated heterocycles. The molecule has 3 heterocycles. The minimum absolute atomic E-state index is 0.338. The zero-order chi connectivity index (χ0) is 27.1. The van der Waals surface area contributed by atoms with E-state index in [1.165, 1.54) is 6.33 Å². The van der Waals surface area contributed by atoms with Crippen LogP contribution in [0.1, 0.15) is 22.9 Å². The lowest BCUT2D eigenvalue weighted by Gasteiger charge is -2.26. The van der Waals surface area contributed by atoms with Gasteiger partial charge in [-0.15, -0.1) is 0 Å². The van der Waals surface area contributed by atoms with Crippen molar-refractivity contribution in [1.29, 1.82) is 0 Å². The fraction of sp³-hybridized carbons (Fsp3) is 0.250. The van der Waals surface area contributed by atoms with Gasteiger partial charge in [0.1, 0.15) is 35.4 Å². The van der Waals surface area contributed by atoms with Crippen LogP contribution in [0, 0.1) is 0 Å². The largest absolute Gasteiger partial charge is 0.374 e. The Kier molecular flexibility index (Phi) is 8.47. The molecule has 1 fully saturated rings. The molecule has 0 N–H and O–H groups in total. The SMILES string of the molecule is Clc1ncnc2c1ccn2[C@@H]1O[C@H](COCc2ccccc2)[C@@H](OCc2ccccc2)[C@@H]1OCc1ccccc1. The lowest BCUT2D eigenvalue weighted by Crippen LogP contribution is -2.38. The number of benzene rings is 3. The summed E-state index contributed by atoms with van der Waals surface area (Å²) in [6, 6.07) is 32.2. The fourth-order valence-corrected chi connectivity index (χ4v) is 5.18. The van der Waals surface area contributed by atoms with E-state index in [-0.39, 0.29) is 6.10 Å². The molecule has 0 unspecified atom stereocenters. The number of hydrogen-bond acceptors (Lipinski definition) is 6. The van der Waals surface area contributed by atoms with Crippen molar-refractivity contribution in [2.24, 2.45) is 0 Å². The Balaban J connectivity index is 1.29. The van der Waals surface area contributed by atoms with Crippen LogP contribution in [0.4, 0.5) is 0 Å². The van der Waals surface area contributed by atoms with E-state index in [0.717, 1.165) is 22.1 Å². The van der Waals surface area contributed by atoms with Crippen LogP contribution in [0.15, 0.2) is 110 Å². The maximum Gasteiger partial charge on any atom is 0.164 e. The summed E-state index contributed by atoms with van der Waals surface area (Å²) in [6.07, 6.45) is 1.63. The van der Waals surface area contributed by atoms with Gasteiger partial charge in [0, 0.05) is 6.20 Å². The van der Waals surface area contributed by atoms with Gasteiger partial charge in [-0.3, -0.25) is 0 Å². The Hall–Kier alpha value is -3.59. The predicted molar refractivity (Wildman–Crippen MR) is 153 cm³/mol. The zero-order valence-corrected chi connectivity index (χ0v) is 22.6. The molecule has 0 amide bonds. The average molecular weight is 556 g/mol. The predicted octanol–water partition coefficient (Wildman–Crippen LogP) is 6.37. The van der Waals surface area contributed by atoms with Gasteiger partial charge in [0.2, 0.25) is 0 Å². The topological polar surface area (TPSA) is 67.6 Å². The summed E-state index contributed by atoms with van der Waals surface area (Å²) in [5, 5.41) is 1.14. The Labute approximate surface area is 238 Å². The summed E-state index contributed by atoms with van der Waals surface area (Å²) in [6.45, 7) is 1.64. The summed E-state index contributed by atoms with van der Waals surface area (Å²) in [7, 11) is 0. The summed E-state index contributed by atoms with van der Waals surface area (Å²) in [4.78, 5) is 8.63. The van der Waals surface area contributed by atoms with E-state index in [2.05, 4.69) is 9.97 Å². The third-order valence-electron chi connectivity index (χ3n) is 6.98. The molecule has 40 heavy (non-hydrogen) atoms. The van der Waals surface area contributed by atoms with E-state index in [4.69, 9.17) is 30.5 Å². The highest BCUT2D eigenvalue weighted by Crippen LogP contribution is 2.37. The van der Waals surface area contributed by atoms with Crippen LogP contribution < -0.4 is 0 Å². The first-order valence-electron chi connectivity index (χ1n) is 13.3. The molecular formula is C32H30ClN3O4. The van der Waals surface area contributed by atoms with Crippen LogP contribution in [0.5, 0.6) is 0 Å². The summed E-state index contributed by atoms with van der Waals surface area (Å²) in [5.74, 6) is 0. The maximum atomic E-state index is 6.68. The van der Waals surface area contributed by atoms with Gasteiger partial charge < -0.3 is 23.5 Å². The highest BCUT2D eigenvalue weighted by atomic mass is 35.5. The van der Waals surface area contributed by atoms with Crippen molar-refractivity contribution in [3.8, 4) is 0 Å². The molecule has 5 aromatic rings. The molecule has 1 aliphatic heterocycles. The molecule has 0 spiro atoms. The minimum atomic E-state index is -0.515. The summed E-state index contributed by atoms with van der Waals surface area (Å²) < 4.78 is 27.9. The quantitative estimate of drug-likeness (QED) is 0.176. The first-order valence-corrected chi connectivity index (χ1v) is 13.7. The second-order valence-corrected chi connectivity index (χ2v) is 10.1. The number of halogens is 1. The van der Waals surface area contributed by atoms with E-state index >= 15 is 0 Å². The third-order valence-corrected chi connectivity index (χ3v) is 7.29.